The predicted octanol–water partition coefficient (Wildman–Crippen LogP) is 8.82. The number of rotatable bonds is 7. The first-order valence-electron chi connectivity index (χ1n) is 17.2. The van der Waals surface area contributed by atoms with Crippen LogP contribution in [0, 0.1) is 45.8 Å². The average molecular weight is 590 g/mol. The highest BCUT2D eigenvalue weighted by molar-refractivity contribution is 7.95. The molecule has 43 heavy (non-hydrogen) atoms. The van der Waals surface area contributed by atoms with Crippen LogP contribution in [0.2, 0.25) is 0 Å². The highest BCUT2D eigenvalue weighted by atomic mass is 31.2. The largest absolute Gasteiger partial charge is 0.380 e. The third-order valence-corrected chi connectivity index (χ3v) is 18.9. The van der Waals surface area contributed by atoms with E-state index in [0.717, 1.165) is 23.7 Å². The lowest BCUT2D eigenvalue weighted by Gasteiger charge is -2.60. The van der Waals surface area contributed by atoms with Gasteiger partial charge in [0.1, 0.15) is 23.2 Å². The Morgan fingerprint density at radius 2 is 1.37 bits per heavy atom. The first-order chi connectivity index (χ1) is 20.9. The number of methoxy groups -OCH3 is 1. The molecule has 0 bridgehead atoms. The minimum Gasteiger partial charge on any atom is -0.380 e. The summed E-state index contributed by atoms with van der Waals surface area (Å²) in [4.78, 5) is 0. The summed E-state index contributed by atoms with van der Waals surface area (Å²) in [7, 11) is 0.171. The van der Waals surface area contributed by atoms with Gasteiger partial charge in [-0.15, -0.1) is 0 Å². The molecular weight excluding hydrogens is 539 g/mol. The molecule has 1 spiro atoms. The lowest BCUT2D eigenvalue weighted by atomic mass is 9.45. The van der Waals surface area contributed by atoms with E-state index in [-0.39, 0.29) is 0 Å². The highest BCUT2D eigenvalue weighted by Gasteiger charge is 2.74. The van der Waals surface area contributed by atoms with Gasteiger partial charge in [-0.2, -0.15) is 0 Å². The van der Waals surface area contributed by atoms with Gasteiger partial charge >= 0.3 is 0 Å². The fourth-order valence-corrected chi connectivity index (χ4v) is 17.0. The van der Waals surface area contributed by atoms with Crippen LogP contribution in [-0.4, -0.2) is 19.4 Å². The Hall–Kier alpha value is -2.21. The second kappa shape index (κ2) is 10.2. The number of benzene rings is 3. The van der Waals surface area contributed by atoms with E-state index in [2.05, 4.69) is 118 Å². The van der Waals surface area contributed by atoms with Crippen molar-refractivity contribution >= 4 is 23.2 Å². The van der Waals surface area contributed by atoms with Crippen LogP contribution in [0.1, 0.15) is 65.7 Å². The van der Waals surface area contributed by atoms with Crippen molar-refractivity contribution in [2.45, 2.75) is 71.8 Å². The van der Waals surface area contributed by atoms with Gasteiger partial charge in [-0.3, -0.25) is 0 Å². The van der Waals surface area contributed by atoms with Crippen molar-refractivity contribution < 1.29 is 4.74 Å². The van der Waals surface area contributed by atoms with Gasteiger partial charge in [-0.05, 0) is 122 Å². The Balaban J connectivity index is 1.15. The van der Waals surface area contributed by atoms with Gasteiger partial charge in [0.05, 0.1) is 12.3 Å². The molecule has 8 rings (SSSR count). The molecule has 4 saturated carbocycles. The SMILES string of the molecule is CO[C@@H]1CC2C3CC[C@H]([C@H](C)C[P+](c4ccccc4)(c4ccccc4)c4ccccc4)[C@@]3(C)CCC2[C@@]2(C)CC=C3C[C@]312. The van der Waals surface area contributed by atoms with E-state index in [1.54, 1.807) is 5.57 Å². The first kappa shape index (κ1) is 28.3. The van der Waals surface area contributed by atoms with Crippen LogP contribution >= 0.6 is 7.26 Å². The standard InChI is InChI=1S/C41H50OP/c1-29(28-43(31-14-8-5-9-15-31,32-16-10-6-11-17-32)33-18-12-7-13-19-33)35-20-21-36-34-26-38(42-4)41-27-30(41)22-25-40(41,3)37(34)23-24-39(35,36)2/h5-19,22,29,34-38H,20-21,23-28H2,1-4H3/q+1/t29-,34?,35-,36?,37?,38-,39-,40-,41+/m1/s1. The van der Waals surface area contributed by atoms with Crippen LogP contribution in [0.25, 0.3) is 0 Å². The van der Waals surface area contributed by atoms with Crippen molar-refractivity contribution in [3.8, 4) is 0 Å². The molecule has 1 nitrogen and oxygen atoms in total. The molecule has 2 heteroatoms. The van der Waals surface area contributed by atoms with Crippen LogP contribution < -0.4 is 15.9 Å². The van der Waals surface area contributed by atoms with Crippen molar-refractivity contribution in [2.24, 2.45) is 45.8 Å². The molecular formula is C41H50OP+. The molecule has 5 aliphatic carbocycles. The van der Waals surface area contributed by atoms with Crippen molar-refractivity contribution in [2.75, 3.05) is 13.3 Å². The Labute approximate surface area is 260 Å². The quantitative estimate of drug-likeness (QED) is 0.198. The topological polar surface area (TPSA) is 9.23 Å². The molecule has 0 radical (unpaired) electrons. The molecule has 224 valence electrons. The second-order valence-corrected chi connectivity index (χ2v) is 19.1. The van der Waals surface area contributed by atoms with E-state index in [0.29, 0.717) is 28.3 Å². The molecule has 0 saturated heterocycles. The monoisotopic (exact) mass is 589 g/mol. The molecule has 3 aromatic rings. The van der Waals surface area contributed by atoms with E-state index < -0.39 is 7.26 Å². The minimum absolute atomic E-state index is 0.382. The lowest BCUT2D eigenvalue weighted by Crippen LogP contribution is -2.57. The predicted molar refractivity (Wildman–Crippen MR) is 183 cm³/mol. The average Bonchev–Trinajstić information content (AvgIpc) is 3.55. The van der Waals surface area contributed by atoms with Crippen LogP contribution in [0.5, 0.6) is 0 Å². The van der Waals surface area contributed by atoms with Gasteiger partial charge in [0.25, 0.3) is 0 Å². The zero-order chi connectivity index (χ0) is 29.5. The lowest BCUT2D eigenvalue weighted by molar-refractivity contribution is -0.156. The summed E-state index contributed by atoms with van der Waals surface area (Å²) in [6, 6.07) is 34.7. The fourth-order valence-electron chi connectivity index (χ4n) is 12.3. The van der Waals surface area contributed by atoms with Crippen molar-refractivity contribution in [1.82, 2.24) is 0 Å². The van der Waals surface area contributed by atoms with Crippen molar-refractivity contribution in [3.05, 3.63) is 103 Å². The van der Waals surface area contributed by atoms with Gasteiger partial charge in [0.15, 0.2) is 0 Å². The zero-order valence-corrected chi connectivity index (χ0v) is 27.6. The van der Waals surface area contributed by atoms with Crippen LogP contribution in [0.15, 0.2) is 103 Å². The number of fused-ring (bicyclic) bond motifs is 4. The smallest absolute Gasteiger partial charge is 0.112 e. The third-order valence-electron chi connectivity index (χ3n) is 14.2. The summed E-state index contributed by atoms with van der Waals surface area (Å²) in [5.74, 6) is 3.96. The zero-order valence-electron chi connectivity index (χ0n) is 26.7. The normalized spacial score (nSPS) is 38.3. The summed E-state index contributed by atoms with van der Waals surface area (Å²) in [5, 5.41) is 4.60. The van der Waals surface area contributed by atoms with Crippen LogP contribution in [-0.2, 0) is 4.74 Å². The number of ether oxygens (including phenoxy) is 1. The molecule has 4 fully saturated rings. The Bertz CT molecular complexity index is 1400. The van der Waals surface area contributed by atoms with Gasteiger partial charge in [0.2, 0.25) is 0 Å². The van der Waals surface area contributed by atoms with Crippen molar-refractivity contribution in [1.29, 1.82) is 0 Å². The maximum Gasteiger partial charge on any atom is 0.112 e. The second-order valence-electron chi connectivity index (χ2n) is 15.5. The molecule has 3 unspecified atom stereocenters. The minimum atomic E-state index is -1.84. The number of allylic oxidation sites excluding steroid dienone is 1. The summed E-state index contributed by atoms with van der Waals surface area (Å²) in [5.41, 5.74) is 2.98. The third kappa shape index (κ3) is 3.83. The van der Waals surface area contributed by atoms with Gasteiger partial charge in [-0.25, -0.2) is 0 Å². The van der Waals surface area contributed by atoms with Gasteiger partial charge < -0.3 is 4.74 Å². The molecule has 0 N–H and O–H groups in total. The summed E-state index contributed by atoms with van der Waals surface area (Å²) < 4.78 is 6.40. The maximum absolute atomic E-state index is 6.40. The molecule has 5 aliphatic rings. The summed E-state index contributed by atoms with van der Waals surface area (Å²) >= 11 is 0. The summed E-state index contributed by atoms with van der Waals surface area (Å²) in [6.45, 7) is 8.04. The van der Waals surface area contributed by atoms with Crippen molar-refractivity contribution in [3.63, 3.8) is 0 Å². The highest BCUT2D eigenvalue weighted by Crippen LogP contribution is 2.80. The molecule has 0 amide bonds. The maximum atomic E-state index is 6.40. The van der Waals surface area contributed by atoms with Gasteiger partial charge in [0, 0.05) is 12.5 Å². The Kier molecular flexibility index (Phi) is 6.68. The number of hydrogen-bond acceptors (Lipinski definition) is 1. The van der Waals surface area contributed by atoms with Crippen LogP contribution in [0.4, 0.5) is 0 Å². The molecule has 0 aromatic heterocycles. The van der Waals surface area contributed by atoms with E-state index >= 15 is 0 Å². The van der Waals surface area contributed by atoms with Crippen LogP contribution in [0.3, 0.4) is 0 Å². The van der Waals surface area contributed by atoms with E-state index in [1.165, 1.54) is 67.0 Å². The molecule has 0 heterocycles. The molecule has 0 aliphatic heterocycles. The Morgan fingerprint density at radius 1 is 0.791 bits per heavy atom. The van der Waals surface area contributed by atoms with Gasteiger partial charge in [-0.1, -0.05) is 87.0 Å². The first-order valence-corrected chi connectivity index (χ1v) is 19.1. The fraction of sp³-hybridized carbons (Fsp3) is 0.512. The summed E-state index contributed by atoms with van der Waals surface area (Å²) in [6.07, 6.45) is 13.9. The van der Waals surface area contributed by atoms with E-state index in [4.69, 9.17) is 4.74 Å². The van der Waals surface area contributed by atoms with E-state index in [9.17, 15) is 0 Å². The number of hydrogen-bond donors (Lipinski definition) is 0. The molecule has 3 aromatic carbocycles. The molecule has 9 atom stereocenters. The van der Waals surface area contributed by atoms with E-state index in [1.807, 2.05) is 7.11 Å². The Morgan fingerprint density at radius 3 is 1.91 bits per heavy atom.